The molecular weight excluding hydrogens is 432 g/mol. The van der Waals surface area contributed by atoms with Gasteiger partial charge in [0.15, 0.2) is 0 Å². The van der Waals surface area contributed by atoms with Crippen LogP contribution in [0.5, 0.6) is 0 Å². The zero-order valence-corrected chi connectivity index (χ0v) is 21.1. The summed E-state index contributed by atoms with van der Waals surface area (Å²) >= 11 is 0. The van der Waals surface area contributed by atoms with Crippen LogP contribution in [0.2, 0.25) is 0 Å². The molecule has 174 valence electrons. The second-order valence-electron chi connectivity index (χ2n) is 10.8. The third-order valence-corrected chi connectivity index (χ3v) is 7.16. The first-order chi connectivity index (χ1) is 17.4. The second kappa shape index (κ2) is 8.81. The van der Waals surface area contributed by atoms with Crippen LogP contribution in [0.4, 0.5) is 0 Å². The van der Waals surface area contributed by atoms with E-state index in [2.05, 4.69) is 148 Å². The Morgan fingerprint density at radius 3 is 1.25 bits per heavy atom. The normalized spacial score (nSPS) is 11.8. The lowest BCUT2D eigenvalue weighted by Gasteiger charge is -2.20. The summed E-state index contributed by atoms with van der Waals surface area (Å²) in [7, 11) is 0. The molecule has 6 rings (SSSR count). The summed E-state index contributed by atoms with van der Waals surface area (Å²) in [5.74, 6) is 0. The number of benzene rings is 6. The van der Waals surface area contributed by atoms with Crippen molar-refractivity contribution in [2.45, 2.75) is 26.2 Å². The third-order valence-electron chi connectivity index (χ3n) is 7.16. The van der Waals surface area contributed by atoms with Gasteiger partial charge >= 0.3 is 0 Å². The van der Waals surface area contributed by atoms with Gasteiger partial charge in [0.25, 0.3) is 0 Å². The van der Waals surface area contributed by atoms with Crippen LogP contribution in [-0.4, -0.2) is 0 Å². The quantitative estimate of drug-likeness (QED) is 0.245. The minimum absolute atomic E-state index is 0.104. The number of rotatable bonds is 3. The van der Waals surface area contributed by atoms with Gasteiger partial charge in [0, 0.05) is 0 Å². The molecule has 36 heavy (non-hydrogen) atoms. The average Bonchev–Trinajstić information content (AvgIpc) is 2.92. The van der Waals surface area contributed by atoms with Gasteiger partial charge < -0.3 is 0 Å². The van der Waals surface area contributed by atoms with Crippen LogP contribution in [0.1, 0.15) is 26.3 Å². The summed E-state index contributed by atoms with van der Waals surface area (Å²) in [5.41, 5.74) is 8.91. The highest BCUT2D eigenvalue weighted by atomic mass is 14.2. The van der Waals surface area contributed by atoms with Crippen molar-refractivity contribution in [1.29, 1.82) is 0 Å². The van der Waals surface area contributed by atoms with E-state index in [0.29, 0.717) is 0 Å². The first-order valence-electron chi connectivity index (χ1n) is 12.7. The van der Waals surface area contributed by atoms with E-state index >= 15 is 0 Å². The maximum atomic E-state index is 2.35. The largest absolute Gasteiger partial charge is 0.0616 e. The molecule has 6 aromatic rings. The Hall–Kier alpha value is -4.16. The van der Waals surface area contributed by atoms with Gasteiger partial charge in [-0.25, -0.2) is 0 Å². The molecule has 0 aliphatic carbocycles. The summed E-state index contributed by atoms with van der Waals surface area (Å²) in [6, 6.07) is 46.8. The zero-order chi connectivity index (χ0) is 24.7. The van der Waals surface area contributed by atoms with Crippen molar-refractivity contribution in [3.8, 4) is 33.4 Å². The molecule has 0 heterocycles. The van der Waals surface area contributed by atoms with Gasteiger partial charge in [0.1, 0.15) is 0 Å². The van der Waals surface area contributed by atoms with E-state index in [4.69, 9.17) is 0 Å². The molecule has 0 aliphatic rings. The Balaban J connectivity index is 1.56. The summed E-state index contributed by atoms with van der Waals surface area (Å²) in [5, 5.41) is 5.07. The molecule has 0 fully saturated rings. The van der Waals surface area contributed by atoms with E-state index in [0.717, 1.165) is 0 Å². The van der Waals surface area contributed by atoms with Crippen molar-refractivity contribution in [3.63, 3.8) is 0 Å². The fourth-order valence-corrected chi connectivity index (χ4v) is 5.03. The van der Waals surface area contributed by atoms with Crippen molar-refractivity contribution >= 4 is 21.5 Å². The topological polar surface area (TPSA) is 0 Å². The highest BCUT2D eigenvalue weighted by Crippen LogP contribution is 2.36. The van der Waals surface area contributed by atoms with E-state index in [1.54, 1.807) is 0 Å². The van der Waals surface area contributed by atoms with Crippen LogP contribution >= 0.6 is 0 Å². The van der Waals surface area contributed by atoms with E-state index in [1.807, 2.05) is 0 Å². The van der Waals surface area contributed by atoms with Crippen LogP contribution in [-0.2, 0) is 5.41 Å². The number of fused-ring (bicyclic) bond motifs is 2. The molecule has 0 spiro atoms. The molecule has 0 saturated heterocycles. The van der Waals surface area contributed by atoms with E-state index in [9.17, 15) is 0 Å². The molecule has 0 bridgehead atoms. The fraction of sp³-hybridized carbons (Fsp3) is 0.111. The van der Waals surface area contributed by atoms with Crippen molar-refractivity contribution < 1.29 is 0 Å². The smallest absolute Gasteiger partial charge is 0.0132 e. The molecule has 0 atom stereocenters. The molecule has 0 radical (unpaired) electrons. The molecule has 0 heteroatoms. The van der Waals surface area contributed by atoms with Gasteiger partial charge in [0.2, 0.25) is 0 Å². The Bertz CT molecular complexity index is 1620. The van der Waals surface area contributed by atoms with Crippen LogP contribution in [0.15, 0.2) is 127 Å². The lowest BCUT2D eigenvalue weighted by atomic mass is 9.85. The van der Waals surface area contributed by atoms with E-state index in [-0.39, 0.29) is 5.41 Å². The molecule has 0 nitrogen and oxygen atoms in total. The third kappa shape index (κ3) is 4.32. The Labute approximate surface area is 213 Å². The van der Waals surface area contributed by atoms with Gasteiger partial charge in [0.05, 0.1) is 0 Å². The van der Waals surface area contributed by atoms with Gasteiger partial charge in [-0.1, -0.05) is 118 Å². The van der Waals surface area contributed by atoms with Crippen LogP contribution < -0.4 is 0 Å². The maximum absolute atomic E-state index is 2.35. The minimum atomic E-state index is 0.104. The summed E-state index contributed by atoms with van der Waals surface area (Å²) in [4.78, 5) is 0. The lowest BCUT2D eigenvalue weighted by molar-refractivity contribution is 0.590. The number of hydrogen-bond acceptors (Lipinski definition) is 0. The molecule has 0 N–H and O–H groups in total. The first-order valence-corrected chi connectivity index (χ1v) is 12.7. The molecule has 0 aromatic heterocycles. The minimum Gasteiger partial charge on any atom is -0.0616 e. The molecule has 6 aromatic carbocycles. The summed E-state index contributed by atoms with van der Waals surface area (Å²) in [6.45, 7) is 6.83. The predicted octanol–water partition coefficient (Wildman–Crippen LogP) is 10.3. The van der Waals surface area contributed by atoms with Crippen LogP contribution in [0, 0.1) is 0 Å². The molecular formula is C36H30. The van der Waals surface area contributed by atoms with Gasteiger partial charge in [-0.3, -0.25) is 0 Å². The van der Waals surface area contributed by atoms with Crippen molar-refractivity contribution in [2.24, 2.45) is 0 Å². The summed E-state index contributed by atoms with van der Waals surface area (Å²) in [6.07, 6.45) is 0. The van der Waals surface area contributed by atoms with E-state index < -0.39 is 0 Å². The Morgan fingerprint density at radius 1 is 0.333 bits per heavy atom. The SMILES string of the molecule is CC(C)(C)c1cccc(-c2cc(-c3ccc4ccccc4c3)cc(-c3ccc4ccccc4c3)c2)c1. The van der Waals surface area contributed by atoms with Crippen molar-refractivity contribution in [1.82, 2.24) is 0 Å². The maximum Gasteiger partial charge on any atom is -0.0132 e. The zero-order valence-electron chi connectivity index (χ0n) is 21.1. The van der Waals surface area contributed by atoms with Crippen LogP contribution in [0.25, 0.3) is 54.9 Å². The molecule has 0 unspecified atom stereocenters. The molecule has 0 saturated carbocycles. The summed E-state index contributed by atoms with van der Waals surface area (Å²) < 4.78 is 0. The van der Waals surface area contributed by atoms with E-state index in [1.165, 1.54) is 60.5 Å². The highest BCUT2D eigenvalue weighted by molar-refractivity contribution is 5.91. The lowest BCUT2D eigenvalue weighted by Crippen LogP contribution is -2.10. The second-order valence-corrected chi connectivity index (χ2v) is 10.8. The Kier molecular flexibility index (Phi) is 5.46. The van der Waals surface area contributed by atoms with Gasteiger partial charge in [-0.05, 0) is 96.2 Å². The predicted molar refractivity (Wildman–Crippen MR) is 156 cm³/mol. The van der Waals surface area contributed by atoms with Gasteiger partial charge in [-0.2, -0.15) is 0 Å². The highest BCUT2D eigenvalue weighted by Gasteiger charge is 2.15. The average molecular weight is 463 g/mol. The van der Waals surface area contributed by atoms with Gasteiger partial charge in [-0.15, -0.1) is 0 Å². The van der Waals surface area contributed by atoms with Crippen molar-refractivity contribution in [3.05, 3.63) is 133 Å². The molecule has 0 aliphatic heterocycles. The Morgan fingerprint density at radius 2 is 0.778 bits per heavy atom. The van der Waals surface area contributed by atoms with Crippen LogP contribution in [0.3, 0.4) is 0 Å². The molecule has 0 amide bonds. The standard InChI is InChI=1S/C36H30/c1-36(2,3)35-14-8-13-29(24-35)32-21-33(30-17-15-25-9-4-6-11-27(25)19-30)23-34(22-32)31-18-16-26-10-5-7-12-28(26)20-31/h4-24H,1-3H3. The van der Waals surface area contributed by atoms with Crippen molar-refractivity contribution in [2.75, 3.05) is 0 Å². The first kappa shape index (κ1) is 22.3. The fourth-order valence-electron chi connectivity index (χ4n) is 5.03. The monoisotopic (exact) mass is 462 g/mol. The number of hydrogen-bond donors (Lipinski definition) is 0.